The Morgan fingerprint density at radius 3 is 2.74 bits per heavy atom. The van der Waals surface area contributed by atoms with Gasteiger partial charge in [-0.15, -0.1) is 0 Å². The molecule has 144 valence electrons. The normalized spacial score (nSPS) is 20.6. The molecular weight excluding hydrogens is 338 g/mol. The summed E-state index contributed by atoms with van der Waals surface area (Å²) in [6.07, 6.45) is 4.23. The van der Waals surface area contributed by atoms with E-state index in [-0.39, 0.29) is 6.10 Å². The Morgan fingerprint density at radius 2 is 1.96 bits per heavy atom. The van der Waals surface area contributed by atoms with Crippen LogP contribution in [0.5, 0.6) is 11.6 Å². The average molecular weight is 367 g/mol. The van der Waals surface area contributed by atoms with E-state index in [0.717, 1.165) is 30.3 Å². The number of piperidine rings is 1. The first kappa shape index (κ1) is 18.3. The van der Waals surface area contributed by atoms with Crippen LogP contribution in [0, 0.1) is 5.92 Å². The first-order chi connectivity index (χ1) is 13.3. The van der Waals surface area contributed by atoms with Crippen LogP contribution in [0.2, 0.25) is 0 Å². The molecule has 2 aliphatic heterocycles. The van der Waals surface area contributed by atoms with Gasteiger partial charge in [0, 0.05) is 12.7 Å². The third-order valence-corrected chi connectivity index (χ3v) is 5.53. The molecule has 1 N–H and O–H groups in total. The first-order valence-electron chi connectivity index (χ1n) is 10.1. The number of hydrogen-bond acceptors (Lipinski definition) is 5. The molecule has 1 atom stereocenters. The SMILES string of the molecule is CCNCC1CCN(Cc2ccc(C3COc4cccnc4O3)cc2)CC1. The molecule has 0 bridgehead atoms. The first-order valence-corrected chi connectivity index (χ1v) is 10.1. The van der Waals surface area contributed by atoms with Gasteiger partial charge in [-0.05, 0) is 68.2 Å². The molecule has 2 aliphatic rings. The quantitative estimate of drug-likeness (QED) is 0.848. The molecule has 0 spiro atoms. The maximum atomic E-state index is 6.00. The van der Waals surface area contributed by atoms with Gasteiger partial charge in [0.05, 0.1) is 0 Å². The zero-order valence-corrected chi connectivity index (χ0v) is 16.1. The topological polar surface area (TPSA) is 46.6 Å². The van der Waals surface area contributed by atoms with Crippen LogP contribution < -0.4 is 14.8 Å². The Balaban J connectivity index is 1.30. The number of fused-ring (bicyclic) bond motifs is 1. The fraction of sp³-hybridized carbons (Fsp3) is 0.500. The molecule has 3 heterocycles. The van der Waals surface area contributed by atoms with Gasteiger partial charge in [-0.2, -0.15) is 0 Å². The molecule has 1 aromatic heterocycles. The van der Waals surface area contributed by atoms with Crippen molar-refractivity contribution in [3.05, 3.63) is 53.7 Å². The number of benzene rings is 1. The lowest BCUT2D eigenvalue weighted by atomic mass is 9.96. The number of nitrogens with one attached hydrogen (secondary N) is 1. The summed E-state index contributed by atoms with van der Waals surface area (Å²) in [5.41, 5.74) is 2.50. The van der Waals surface area contributed by atoms with Crippen molar-refractivity contribution >= 4 is 0 Å². The Bertz CT molecular complexity index is 727. The van der Waals surface area contributed by atoms with E-state index in [2.05, 4.69) is 46.4 Å². The Labute approximate surface area is 161 Å². The molecule has 1 saturated heterocycles. The molecule has 4 rings (SSSR count). The fourth-order valence-corrected chi connectivity index (χ4v) is 3.87. The highest BCUT2D eigenvalue weighted by Crippen LogP contribution is 2.34. The van der Waals surface area contributed by atoms with Gasteiger partial charge in [0.15, 0.2) is 11.9 Å². The van der Waals surface area contributed by atoms with Crippen molar-refractivity contribution in [1.29, 1.82) is 0 Å². The smallest absolute Gasteiger partial charge is 0.257 e. The van der Waals surface area contributed by atoms with E-state index in [1.54, 1.807) is 6.20 Å². The van der Waals surface area contributed by atoms with Crippen LogP contribution in [0.3, 0.4) is 0 Å². The minimum absolute atomic E-state index is 0.0942. The predicted molar refractivity (Wildman–Crippen MR) is 106 cm³/mol. The van der Waals surface area contributed by atoms with Gasteiger partial charge in [0.2, 0.25) is 0 Å². The Morgan fingerprint density at radius 1 is 1.15 bits per heavy atom. The van der Waals surface area contributed by atoms with E-state index in [1.807, 2.05) is 12.1 Å². The van der Waals surface area contributed by atoms with Crippen molar-refractivity contribution in [2.75, 3.05) is 32.8 Å². The maximum absolute atomic E-state index is 6.00. The third-order valence-electron chi connectivity index (χ3n) is 5.53. The summed E-state index contributed by atoms with van der Waals surface area (Å²) < 4.78 is 11.8. The van der Waals surface area contributed by atoms with Crippen LogP contribution >= 0.6 is 0 Å². The lowest BCUT2D eigenvalue weighted by molar-refractivity contribution is 0.0850. The molecule has 2 aromatic rings. The molecule has 1 unspecified atom stereocenters. The highest BCUT2D eigenvalue weighted by Gasteiger charge is 2.23. The monoisotopic (exact) mass is 367 g/mol. The molecule has 0 aliphatic carbocycles. The summed E-state index contributed by atoms with van der Waals surface area (Å²) in [6, 6.07) is 12.5. The molecule has 0 radical (unpaired) electrons. The minimum atomic E-state index is -0.0942. The van der Waals surface area contributed by atoms with E-state index in [0.29, 0.717) is 12.5 Å². The van der Waals surface area contributed by atoms with Crippen LogP contribution in [-0.4, -0.2) is 42.7 Å². The van der Waals surface area contributed by atoms with E-state index in [4.69, 9.17) is 9.47 Å². The second-order valence-corrected chi connectivity index (χ2v) is 7.49. The van der Waals surface area contributed by atoms with Crippen LogP contribution in [0.25, 0.3) is 0 Å². The largest absolute Gasteiger partial charge is 0.484 e. The summed E-state index contributed by atoms with van der Waals surface area (Å²) in [5.74, 6) is 2.14. The van der Waals surface area contributed by atoms with Crippen LogP contribution in [0.4, 0.5) is 0 Å². The van der Waals surface area contributed by atoms with Gasteiger partial charge in [-0.3, -0.25) is 4.90 Å². The highest BCUT2D eigenvalue weighted by atomic mass is 16.6. The molecule has 1 aromatic carbocycles. The number of hydrogen-bond donors (Lipinski definition) is 1. The zero-order valence-electron chi connectivity index (χ0n) is 16.1. The van der Waals surface area contributed by atoms with Crippen molar-refractivity contribution in [2.45, 2.75) is 32.4 Å². The number of pyridine rings is 1. The maximum Gasteiger partial charge on any atom is 0.257 e. The van der Waals surface area contributed by atoms with Gasteiger partial charge in [0.1, 0.15) is 6.61 Å². The van der Waals surface area contributed by atoms with Crippen LogP contribution in [-0.2, 0) is 6.54 Å². The summed E-state index contributed by atoms with van der Waals surface area (Å²) >= 11 is 0. The van der Waals surface area contributed by atoms with E-state index < -0.39 is 0 Å². The van der Waals surface area contributed by atoms with Gasteiger partial charge in [0.25, 0.3) is 5.88 Å². The third kappa shape index (κ3) is 4.60. The van der Waals surface area contributed by atoms with E-state index >= 15 is 0 Å². The predicted octanol–water partition coefficient (Wildman–Crippen LogP) is 3.42. The second-order valence-electron chi connectivity index (χ2n) is 7.49. The minimum Gasteiger partial charge on any atom is -0.484 e. The fourth-order valence-electron chi connectivity index (χ4n) is 3.87. The van der Waals surface area contributed by atoms with Crippen molar-refractivity contribution in [2.24, 2.45) is 5.92 Å². The molecule has 0 saturated carbocycles. The highest BCUT2D eigenvalue weighted by molar-refractivity contribution is 5.35. The van der Waals surface area contributed by atoms with E-state index in [9.17, 15) is 0 Å². The summed E-state index contributed by atoms with van der Waals surface area (Å²) in [6.45, 7) is 8.36. The molecule has 27 heavy (non-hydrogen) atoms. The second kappa shape index (κ2) is 8.72. The summed E-state index contributed by atoms with van der Waals surface area (Å²) in [5, 5.41) is 3.48. The Hall–Kier alpha value is -2.11. The molecule has 5 heteroatoms. The van der Waals surface area contributed by atoms with Gasteiger partial charge < -0.3 is 14.8 Å². The van der Waals surface area contributed by atoms with Gasteiger partial charge >= 0.3 is 0 Å². The number of aromatic nitrogens is 1. The lowest BCUT2D eigenvalue weighted by Crippen LogP contribution is -2.36. The lowest BCUT2D eigenvalue weighted by Gasteiger charge is -2.32. The van der Waals surface area contributed by atoms with Crippen molar-refractivity contribution in [1.82, 2.24) is 15.2 Å². The number of rotatable bonds is 6. The Kier molecular flexibility index (Phi) is 5.90. The summed E-state index contributed by atoms with van der Waals surface area (Å²) in [4.78, 5) is 6.82. The number of likely N-dealkylation sites (tertiary alicyclic amines) is 1. The molecule has 5 nitrogen and oxygen atoms in total. The number of nitrogens with zero attached hydrogens (tertiary/aromatic N) is 2. The molecule has 1 fully saturated rings. The average Bonchev–Trinajstić information content (AvgIpc) is 2.73. The van der Waals surface area contributed by atoms with Crippen LogP contribution in [0.1, 0.15) is 37.0 Å². The molecule has 0 amide bonds. The van der Waals surface area contributed by atoms with Crippen molar-refractivity contribution in [3.63, 3.8) is 0 Å². The standard InChI is InChI=1S/C22H29N3O2/c1-2-23-14-17-9-12-25(13-10-17)15-18-5-7-19(8-6-18)21-16-26-20-4-3-11-24-22(20)27-21/h3-8,11,17,21,23H,2,9-10,12-16H2,1H3. The van der Waals surface area contributed by atoms with E-state index in [1.165, 1.54) is 38.0 Å². The number of ether oxygens (including phenoxy) is 2. The van der Waals surface area contributed by atoms with Crippen LogP contribution in [0.15, 0.2) is 42.6 Å². The summed E-state index contributed by atoms with van der Waals surface area (Å²) in [7, 11) is 0. The van der Waals surface area contributed by atoms with Crippen molar-refractivity contribution < 1.29 is 9.47 Å². The van der Waals surface area contributed by atoms with Gasteiger partial charge in [-0.25, -0.2) is 4.98 Å². The van der Waals surface area contributed by atoms with Gasteiger partial charge in [-0.1, -0.05) is 31.2 Å². The zero-order chi connectivity index (χ0) is 18.5. The van der Waals surface area contributed by atoms with Crippen molar-refractivity contribution in [3.8, 4) is 11.6 Å². The molecular formula is C22H29N3O2.